The Bertz CT molecular complexity index is 844. The van der Waals surface area contributed by atoms with E-state index in [-0.39, 0.29) is 23.6 Å². The molecule has 1 atom stereocenters. The number of hydrogen-bond donors (Lipinski definition) is 0. The molecule has 1 amide bonds. The molecule has 2 heterocycles. The number of esters is 1. The number of benzene rings is 2. The maximum Gasteiger partial charge on any atom is 0.306 e. The van der Waals surface area contributed by atoms with Gasteiger partial charge in [0.1, 0.15) is 17.3 Å². The highest BCUT2D eigenvalue weighted by molar-refractivity contribution is 5.77. The van der Waals surface area contributed by atoms with E-state index in [0.717, 1.165) is 13.1 Å². The van der Waals surface area contributed by atoms with Crippen LogP contribution in [0.5, 0.6) is 11.5 Å². The van der Waals surface area contributed by atoms with E-state index in [2.05, 4.69) is 0 Å². The predicted octanol–water partition coefficient (Wildman–Crippen LogP) is 3.89. The lowest BCUT2D eigenvalue weighted by molar-refractivity contribution is -0.138. The highest BCUT2D eigenvalue weighted by Gasteiger charge is 2.32. The fourth-order valence-electron chi connectivity index (χ4n) is 3.58. The summed E-state index contributed by atoms with van der Waals surface area (Å²) in [4.78, 5) is 25.2. The summed E-state index contributed by atoms with van der Waals surface area (Å²) in [7, 11) is 0. The fraction of sp³-hybridized carbons (Fsp3) is 0.364. The zero-order chi connectivity index (χ0) is 19.5. The van der Waals surface area contributed by atoms with Gasteiger partial charge in [-0.3, -0.25) is 9.59 Å². The fourth-order valence-corrected chi connectivity index (χ4v) is 3.58. The van der Waals surface area contributed by atoms with Crippen LogP contribution in [0.15, 0.2) is 48.5 Å². The van der Waals surface area contributed by atoms with Gasteiger partial charge in [-0.25, -0.2) is 4.39 Å². The van der Waals surface area contributed by atoms with Crippen molar-refractivity contribution in [3.63, 3.8) is 0 Å². The molecule has 0 bridgehead atoms. The van der Waals surface area contributed by atoms with Crippen molar-refractivity contribution in [1.29, 1.82) is 0 Å². The van der Waals surface area contributed by atoms with Crippen molar-refractivity contribution in [2.45, 2.75) is 25.2 Å². The number of hydrogen-bond acceptors (Lipinski definition) is 4. The first-order valence-electron chi connectivity index (χ1n) is 9.53. The molecular formula is C22H22FNO4. The van der Waals surface area contributed by atoms with E-state index in [4.69, 9.17) is 9.47 Å². The summed E-state index contributed by atoms with van der Waals surface area (Å²) in [6.07, 6.45) is 1.61. The van der Waals surface area contributed by atoms with Crippen LogP contribution < -0.4 is 4.74 Å². The molecule has 2 aliphatic rings. The quantitative estimate of drug-likeness (QED) is 0.711. The Morgan fingerprint density at radius 1 is 1.07 bits per heavy atom. The zero-order valence-electron chi connectivity index (χ0n) is 15.5. The van der Waals surface area contributed by atoms with Gasteiger partial charge >= 0.3 is 5.97 Å². The lowest BCUT2D eigenvalue weighted by atomic mass is 9.90. The molecule has 2 fully saturated rings. The summed E-state index contributed by atoms with van der Waals surface area (Å²) in [6, 6.07) is 13.7. The third-order valence-corrected chi connectivity index (χ3v) is 5.34. The summed E-state index contributed by atoms with van der Waals surface area (Å²) < 4.78 is 23.6. The SMILES string of the molecule is O=C1C[C@H](CCC(=O)N2CC(c3ccc(Oc4ccc(F)cc4)cc3)C2)CO1. The number of carbonyl (C=O) groups excluding carboxylic acids is 2. The van der Waals surface area contributed by atoms with Crippen LogP contribution >= 0.6 is 0 Å². The molecule has 0 saturated carbocycles. The minimum Gasteiger partial charge on any atom is -0.465 e. The maximum atomic E-state index is 12.9. The molecule has 2 aromatic rings. The topological polar surface area (TPSA) is 55.8 Å². The van der Waals surface area contributed by atoms with E-state index in [9.17, 15) is 14.0 Å². The van der Waals surface area contributed by atoms with Gasteiger partial charge in [-0.15, -0.1) is 0 Å². The molecule has 2 saturated heterocycles. The molecule has 5 nitrogen and oxygen atoms in total. The van der Waals surface area contributed by atoms with Crippen LogP contribution in [0.1, 0.15) is 30.7 Å². The first kappa shape index (κ1) is 18.5. The van der Waals surface area contributed by atoms with E-state index < -0.39 is 0 Å². The predicted molar refractivity (Wildman–Crippen MR) is 101 cm³/mol. The average Bonchev–Trinajstić information content (AvgIpc) is 3.07. The third-order valence-electron chi connectivity index (χ3n) is 5.34. The van der Waals surface area contributed by atoms with Gasteiger partial charge in [-0.1, -0.05) is 12.1 Å². The van der Waals surface area contributed by atoms with Crippen LogP contribution in [0.4, 0.5) is 4.39 Å². The number of cyclic esters (lactones) is 1. The second-order valence-corrected chi connectivity index (χ2v) is 7.41. The standard InChI is InChI=1S/C22H22FNO4/c23-18-4-8-20(9-5-18)28-19-6-2-16(3-7-19)17-12-24(13-17)21(25)10-1-15-11-22(26)27-14-15/h2-9,15,17H,1,10-14H2/t15-/m0/s1. The molecule has 0 N–H and O–H groups in total. The molecular weight excluding hydrogens is 361 g/mol. The Morgan fingerprint density at radius 2 is 1.71 bits per heavy atom. The number of rotatable bonds is 6. The van der Waals surface area contributed by atoms with Crippen LogP contribution in [-0.4, -0.2) is 36.5 Å². The van der Waals surface area contributed by atoms with Gasteiger partial charge in [-0.2, -0.15) is 0 Å². The smallest absolute Gasteiger partial charge is 0.306 e. The van der Waals surface area contributed by atoms with E-state index in [1.165, 1.54) is 17.7 Å². The lowest BCUT2D eigenvalue weighted by Crippen LogP contribution is -2.48. The number of likely N-dealkylation sites (tertiary alicyclic amines) is 1. The van der Waals surface area contributed by atoms with Crippen LogP contribution in [0.2, 0.25) is 0 Å². The van der Waals surface area contributed by atoms with Gasteiger partial charge in [0.05, 0.1) is 13.0 Å². The molecule has 0 unspecified atom stereocenters. The van der Waals surface area contributed by atoms with Crippen molar-refractivity contribution in [1.82, 2.24) is 4.90 Å². The number of halogens is 1. The summed E-state index contributed by atoms with van der Waals surface area (Å²) >= 11 is 0. The van der Waals surface area contributed by atoms with Gasteiger partial charge in [0.25, 0.3) is 0 Å². The third kappa shape index (κ3) is 4.32. The van der Waals surface area contributed by atoms with Crippen LogP contribution in [0, 0.1) is 11.7 Å². The summed E-state index contributed by atoms with van der Waals surface area (Å²) in [5.41, 5.74) is 1.17. The van der Waals surface area contributed by atoms with Crippen molar-refractivity contribution in [2.75, 3.05) is 19.7 Å². The molecule has 28 heavy (non-hydrogen) atoms. The highest BCUT2D eigenvalue weighted by Crippen LogP contribution is 2.30. The minimum absolute atomic E-state index is 0.145. The Kier molecular flexibility index (Phi) is 5.28. The Balaban J connectivity index is 1.23. The molecule has 2 aliphatic heterocycles. The number of amides is 1. The lowest BCUT2D eigenvalue weighted by Gasteiger charge is -2.40. The molecule has 4 rings (SSSR count). The molecule has 0 aromatic heterocycles. The van der Waals surface area contributed by atoms with E-state index >= 15 is 0 Å². The molecule has 146 valence electrons. The van der Waals surface area contributed by atoms with E-state index in [1.807, 2.05) is 29.2 Å². The Morgan fingerprint density at radius 3 is 2.32 bits per heavy atom. The number of nitrogens with zero attached hydrogens (tertiary/aromatic N) is 1. The van der Waals surface area contributed by atoms with E-state index in [1.54, 1.807) is 12.1 Å². The molecule has 6 heteroatoms. The van der Waals surface area contributed by atoms with Crippen LogP contribution in [0.3, 0.4) is 0 Å². The Labute approximate surface area is 163 Å². The summed E-state index contributed by atoms with van der Waals surface area (Å²) in [5.74, 6) is 1.49. The monoisotopic (exact) mass is 383 g/mol. The Hall–Kier alpha value is -2.89. The van der Waals surface area contributed by atoms with Gasteiger partial charge in [0.15, 0.2) is 0 Å². The first-order chi connectivity index (χ1) is 13.6. The zero-order valence-corrected chi connectivity index (χ0v) is 15.5. The van der Waals surface area contributed by atoms with Crippen LogP contribution in [0.25, 0.3) is 0 Å². The first-order valence-corrected chi connectivity index (χ1v) is 9.53. The maximum absolute atomic E-state index is 12.9. The summed E-state index contributed by atoms with van der Waals surface area (Å²) in [6.45, 7) is 1.88. The average molecular weight is 383 g/mol. The van der Waals surface area contributed by atoms with Crippen molar-refractivity contribution in [2.24, 2.45) is 5.92 Å². The molecule has 0 spiro atoms. The van der Waals surface area contributed by atoms with Gasteiger partial charge in [-0.05, 0) is 48.4 Å². The van der Waals surface area contributed by atoms with Crippen molar-refractivity contribution >= 4 is 11.9 Å². The van der Waals surface area contributed by atoms with Gasteiger partial charge in [0, 0.05) is 31.3 Å². The molecule has 2 aromatic carbocycles. The summed E-state index contributed by atoms with van der Waals surface area (Å²) in [5, 5.41) is 0. The van der Waals surface area contributed by atoms with Crippen molar-refractivity contribution in [3.8, 4) is 11.5 Å². The molecule has 0 aliphatic carbocycles. The number of carbonyl (C=O) groups is 2. The second-order valence-electron chi connectivity index (χ2n) is 7.41. The van der Waals surface area contributed by atoms with Gasteiger partial charge in [0.2, 0.25) is 5.91 Å². The largest absolute Gasteiger partial charge is 0.465 e. The van der Waals surface area contributed by atoms with E-state index in [0.29, 0.717) is 43.3 Å². The number of ether oxygens (including phenoxy) is 2. The highest BCUT2D eigenvalue weighted by atomic mass is 19.1. The normalized spacial score (nSPS) is 19.2. The second kappa shape index (κ2) is 8.00. The minimum atomic E-state index is -0.295. The molecule has 0 radical (unpaired) electrons. The van der Waals surface area contributed by atoms with Gasteiger partial charge < -0.3 is 14.4 Å². The van der Waals surface area contributed by atoms with Crippen molar-refractivity contribution in [3.05, 3.63) is 59.9 Å². The van der Waals surface area contributed by atoms with Crippen molar-refractivity contribution < 1.29 is 23.5 Å². The van der Waals surface area contributed by atoms with Crippen LogP contribution in [-0.2, 0) is 14.3 Å².